The van der Waals surface area contributed by atoms with E-state index in [0.29, 0.717) is 17.4 Å². The number of likely N-dealkylation sites (N-methyl/N-ethyl adjacent to an activating group) is 1. The number of benzene rings is 1. The van der Waals surface area contributed by atoms with E-state index >= 15 is 0 Å². The number of likely N-dealkylation sites (tertiary alicyclic amines) is 1. The second-order valence-corrected chi connectivity index (χ2v) is 9.36. The molecule has 0 bridgehead atoms. The van der Waals surface area contributed by atoms with Crippen molar-refractivity contribution in [2.75, 3.05) is 19.6 Å². The van der Waals surface area contributed by atoms with Crippen molar-refractivity contribution in [2.24, 2.45) is 5.92 Å². The normalized spacial score (nSPS) is 19.3. The summed E-state index contributed by atoms with van der Waals surface area (Å²) >= 11 is 0.980. The number of thioether (sulfide) groups is 1. The Hall–Kier alpha value is -2.54. The number of carbonyl (C=O) groups is 3. The lowest BCUT2D eigenvalue weighted by atomic mass is 9.99. The Kier molecular flexibility index (Phi) is 6.23. The van der Waals surface area contributed by atoms with E-state index in [1.807, 2.05) is 27.8 Å². The van der Waals surface area contributed by atoms with Gasteiger partial charge in [0.05, 0.1) is 10.4 Å². The number of aryl methyl sites for hydroxylation is 1. The monoisotopic (exact) mass is 439 g/mol. The molecule has 1 aromatic carbocycles. The third kappa shape index (κ3) is 4.15. The van der Waals surface area contributed by atoms with Crippen LogP contribution in [0, 0.1) is 5.92 Å². The second-order valence-electron chi connectivity index (χ2n) is 8.37. The van der Waals surface area contributed by atoms with Gasteiger partial charge in [-0.3, -0.25) is 19.3 Å². The minimum Gasteiger partial charge on any atom is -0.341 e. The zero-order chi connectivity index (χ0) is 22.1. The summed E-state index contributed by atoms with van der Waals surface area (Å²) in [7, 11) is 0. The number of amides is 3. The van der Waals surface area contributed by atoms with E-state index in [9.17, 15) is 14.4 Å². The molecule has 2 aliphatic heterocycles. The Balaban J connectivity index is 1.70. The Morgan fingerprint density at radius 1 is 1.19 bits per heavy atom. The number of hydrogen-bond donors (Lipinski definition) is 0. The number of piperidine rings is 1. The lowest BCUT2D eigenvalue weighted by Crippen LogP contribution is -2.39. The van der Waals surface area contributed by atoms with E-state index in [-0.39, 0.29) is 23.6 Å². The highest BCUT2D eigenvalue weighted by Crippen LogP contribution is 2.34. The van der Waals surface area contributed by atoms with Gasteiger partial charge in [-0.05, 0) is 55.5 Å². The third-order valence-electron chi connectivity index (χ3n) is 6.31. The molecule has 4 rings (SSSR count). The first-order valence-corrected chi connectivity index (χ1v) is 11.9. The van der Waals surface area contributed by atoms with Crippen LogP contribution in [0.15, 0.2) is 29.3 Å². The molecule has 0 saturated carbocycles. The first kappa shape index (κ1) is 21.7. The number of para-hydroxylation sites is 1. The van der Waals surface area contributed by atoms with Crippen LogP contribution in [0.1, 0.15) is 44.7 Å². The van der Waals surface area contributed by atoms with Gasteiger partial charge in [-0.1, -0.05) is 32.0 Å². The summed E-state index contributed by atoms with van der Waals surface area (Å²) in [5.74, 6) is 0.560. The highest BCUT2D eigenvalue weighted by atomic mass is 32.2. The number of imide groups is 1. The number of rotatable bonds is 5. The van der Waals surface area contributed by atoms with E-state index in [1.165, 1.54) is 10.5 Å². The van der Waals surface area contributed by atoms with Crippen molar-refractivity contribution in [3.63, 3.8) is 0 Å². The molecule has 2 saturated heterocycles. The number of hydrogen-bond acceptors (Lipinski definition) is 4. The summed E-state index contributed by atoms with van der Waals surface area (Å²) in [5.41, 5.74) is 3.07. The van der Waals surface area contributed by atoms with Gasteiger partial charge >= 0.3 is 0 Å². The molecule has 0 spiro atoms. The number of aromatic nitrogens is 1. The van der Waals surface area contributed by atoms with Gasteiger partial charge in [0.1, 0.15) is 6.54 Å². The van der Waals surface area contributed by atoms with E-state index in [2.05, 4.69) is 19.9 Å². The molecule has 164 valence electrons. The first-order valence-electron chi connectivity index (χ1n) is 11.1. The molecule has 31 heavy (non-hydrogen) atoms. The van der Waals surface area contributed by atoms with Crippen LogP contribution in [0.3, 0.4) is 0 Å². The van der Waals surface area contributed by atoms with Crippen molar-refractivity contribution in [3.8, 4) is 0 Å². The molecule has 1 aromatic heterocycles. The predicted molar refractivity (Wildman–Crippen MR) is 125 cm³/mol. The Bertz CT molecular complexity index is 1060. The van der Waals surface area contributed by atoms with Crippen molar-refractivity contribution in [3.05, 3.63) is 40.4 Å². The molecule has 3 amide bonds. The number of nitrogens with zero attached hydrogens (tertiary/aromatic N) is 3. The average Bonchev–Trinajstić information content (AvgIpc) is 3.24. The van der Waals surface area contributed by atoms with Gasteiger partial charge in [0.2, 0.25) is 5.91 Å². The summed E-state index contributed by atoms with van der Waals surface area (Å²) in [6.07, 6.45) is 6.71. The van der Waals surface area contributed by atoms with Crippen LogP contribution in [0.5, 0.6) is 0 Å². The maximum Gasteiger partial charge on any atom is 0.293 e. The highest BCUT2D eigenvalue weighted by molar-refractivity contribution is 8.18. The minimum atomic E-state index is -0.247. The summed E-state index contributed by atoms with van der Waals surface area (Å²) in [4.78, 5) is 41.4. The van der Waals surface area contributed by atoms with Crippen LogP contribution < -0.4 is 0 Å². The van der Waals surface area contributed by atoms with Gasteiger partial charge < -0.3 is 9.47 Å². The molecule has 0 atom stereocenters. The molecule has 0 N–H and O–H groups in total. The van der Waals surface area contributed by atoms with E-state index in [1.54, 1.807) is 13.0 Å². The Morgan fingerprint density at radius 2 is 1.94 bits per heavy atom. The SMILES string of the molecule is CCc1cccc2c(/C=C3\SC(=O)N(CC)C3=O)cn(CC(=O)N3CCC(C)CC3)c12. The summed E-state index contributed by atoms with van der Waals surface area (Å²) in [6, 6.07) is 6.11. The molecule has 3 heterocycles. The fourth-order valence-electron chi connectivity index (χ4n) is 4.41. The molecule has 6 nitrogen and oxygen atoms in total. The summed E-state index contributed by atoms with van der Waals surface area (Å²) < 4.78 is 2.02. The average molecular weight is 440 g/mol. The van der Waals surface area contributed by atoms with Crippen LogP contribution in [-0.2, 0) is 22.6 Å². The van der Waals surface area contributed by atoms with Crippen molar-refractivity contribution >= 4 is 45.8 Å². The van der Waals surface area contributed by atoms with E-state index in [4.69, 9.17) is 0 Å². The van der Waals surface area contributed by atoms with Crippen LogP contribution in [0.2, 0.25) is 0 Å². The van der Waals surface area contributed by atoms with Crippen molar-refractivity contribution < 1.29 is 14.4 Å². The predicted octanol–water partition coefficient (Wildman–Crippen LogP) is 4.52. The maximum atomic E-state index is 13.0. The summed E-state index contributed by atoms with van der Waals surface area (Å²) in [5, 5.41) is 0.772. The first-order chi connectivity index (χ1) is 14.9. The summed E-state index contributed by atoms with van der Waals surface area (Å²) in [6.45, 7) is 8.42. The second kappa shape index (κ2) is 8.91. The molecule has 2 aromatic rings. The zero-order valence-electron chi connectivity index (χ0n) is 18.4. The van der Waals surface area contributed by atoms with Crippen LogP contribution >= 0.6 is 11.8 Å². The smallest absolute Gasteiger partial charge is 0.293 e. The molecular weight excluding hydrogens is 410 g/mol. The molecule has 0 unspecified atom stereocenters. The quantitative estimate of drug-likeness (QED) is 0.643. The van der Waals surface area contributed by atoms with Gasteiger partial charge in [-0.15, -0.1) is 0 Å². The fraction of sp³-hybridized carbons (Fsp3) is 0.458. The molecule has 7 heteroatoms. The Morgan fingerprint density at radius 3 is 2.58 bits per heavy atom. The molecular formula is C24H29N3O3S. The minimum absolute atomic E-state index is 0.132. The number of fused-ring (bicyclic) bond motifs is 1. The maximum absolute atomic E-state index is 13.0. The van der Waals surface area contributed by atoms with Gasteiger partial charge in [-0.2, -0.15) is 0 Å². The van der Waals surface area contributed by atoms with Gasteiger partial charge in [0.25, 0.3) is 11.1 Å². The van der Waals surface area contributed by atoms with E-state index in [0.717, 1.165) is 60.6 Å². The topological polar surface area (TPSA) is 62.6 Å². The van der Waals surface area contributed by atoms with E-state index < -0.39 is 0 Å². The lowest BCUT2D eigenvalue weighted by molar-refractivity contribution is -0.133. The van der Waals surface area contributed by atoms with Gasteiger partial charge in [0, 0.05) is 36.8 Å². The van der Waals surface area contributed by atoms with Gasteiger partial charge in [-0.25, -0.2) is 0 Å². The Labute approximate surface area is 187 Å². The van der Waals surface area contributed by atoms with Crippen molar-refractivity contribution in [2.45, 2.75) is 46.6 Å². The largest absolute Gasteiger partial charge is 0.341 e. The molecule has 0 aliphatic carbocycles. The molecule has 2 aliphatic rings. The molecule has 2 fully saturated rings. The van der Waals surface area contributed by atoms with Gasteiger partial charge in [0.15, 0.2) is 0 Å². The van der Waals surface area contributed by atoms with Crippen LogP contribution in [-0.4, -0.2) is 51.1 Å². The van der Waals surface area contributed by atoms with Crippen molar-refractivity contribution in [1.82, 2.24) is 14.4 Å². The highest BCUT2D eigenvalue weighted by Gasteiger charge is 2.34. The fourth-order valence-corrected chi connectivity index (χ4v) is 5.30. The standard InChI is InChI=1S/C24H29N3O3S/c1-4-17-7-6-8-19-18(13-20-23(29)27(5-2)24(30)31-20)14-26(22(17)19)15-21(28)25-11-9-16(3)10-12-25/h6-8,13-14,16H,4-5,9-12,15H2,1-3H3/b20-13-. The van der Waals surface area contributed by atoms with Crippen LogP contribution in [0.25, 0.3) is 17.0 Å². The van der Waals surface area contributed by atoms with Crippen molar-refractivity contribution in [1.29, 1.82) is 0 Å². The third-order valence-corrected chi connectivity index (χ3v) is 7.22. The van der Waals surface area contributed by atoms with Crippen LogP contribution in [0.4, 0.5) is 4.79 Å². The molecule has 0 radical (unpaired) electrons. The zero-order valence-corrected chi connectivity index (χ0v) is 19.2. The lowest BCUT2D eigenvalue weighted by Gasteiger charge is -2.30. The number of carbonyl (C=O) groups excluding carboxylic acids is 3.